The number of rotatable bonds is 7. The number of halogens is 6. The molecule has 5 nitrogen and oxygen atoms in total. The van der Waals surface area contributed by atoms with Crippen molar-refractivity contribution in [2.45, 2.75) is 44.3 Å². The molecule has 39 heavy (non-hydrogen) atoms. The van der Waals surface area contributed by atoms with Crippen LogP contribution in [0, 0.1) is 34.9 Å². The Balaban J connectivity index is 1.34. The van der Waals surface area contributed by atoms with E-state index in [9.17, 15) is 26.7 Å². The van der Waals surface area contributed by atoms with E-state index in [0.717, 1.165) is 17.7 Å². The van der Waals surface area contributed by atoms with E-state index in [0.29, 0.717) is 40.7 Å². The number of hydrogen-bond acceptors (Lipinski definition) is 4. The van der Waals surface area contributed by atoms with E-state index >= 15 is 4.39 Å². The van der Waals surface area contributed by atoms with E-state index in [1.54, 1.807) is 30.3 Å². The first kappa shape index (κ1) is 25.1. The average molecular weight is 542 g/mol. The molecule has 1 heterocycles. The average Bonchev–Trinajstić information content (AvgIpc) is 3.86. The summed E-state index contributed by atoms with van der Waals surface area (Å²) in [6, 6.07) is 9.69. The Kier molecular flexibility index (Phi) is 6.16. The van der Waals surface area contributed by atoms with Crippen LogP contribution in [0.15, 0.2) is 42.7 Å². The SMILES string of the molecule is O=C(c1c(F)c(F)c(F)c(F)c1F)N(Cc1cccc(-c2cc(F)c3ncnc(NC4CC4)c3c2)c1)C1CC1. The molecule has 2 saturated carbocycles. The van der Waals surface area contributed by atoms with Gasteiger partial charge in [0.05, 0.1) is 0 Å². The Hall–Kier alpha value is -4.15. The number of carbonyl (C=O) groups excluding carboxylic acids is 1. The second-order valence-electron chi connectivity index (χ2n) is 9.80. The quantitative estimate of drug-likeness (QED) is 0.164. The molecule has 1 aromatic heterocycles. The van der Waals surface area contributed by atoms with E-state index in [-0.39, 0.29) is 18.1 Å². The van der Waals surface area contributed by atoms with Crippen LogP contribution in [0.5, 0.6) is 0 Å². The number of benzene rings is 3. The van der Waals surface area contributed by atoms with Gasteiger partial charge in [0.1, 0.15) is 29.0 Å². The van der Waals surface area contributed by atoms with Gasteiger partial charge in [-0.3, -0.25) is 4.79 Å². The lowest BCUT2D eigenvalue weighted by molar-refractivity contribution is 0.0716. The molecule has 2 aliphatic carbocycles. The monoisotopic (exact) mass is 542 g/mol. The molecule has 4 aromatic rings. The van der Waals surface area contributed by atoms with Gasteiger partial charge in [0.15, 0.2) is 23.3 Å². The van der Waals surface area contributed by atoms with Crippen molar-refractivity contribution in [3.8, 4) is 11.1 Å². The lowest BCUT2D eigenvalue weighted by Gasteiger charge is -2.24. The lowest BCUT2D eigenvalue weighted by Crippen LogP contribution is -2.34. The predicted molar refractivity (Wildman–Crippen MR) is 131 cm³/mol. The molecule has 11 heteroatoms. The number of amides is 1. The smallest absolute Gasteiger partial charge is 0.260 e. The van der Waals surface area contributed by atoms with Crippen molar-refractivity contribution >= 4 is 22.6 Å². The molecule has 0 radical (unpaired) electrons. The maximum Gasteiger partial charge on any atom is 0.260 e. The summed E-state index contributed by atoms with van der Waals surface area (Å²) in [6.45, 7) is -0.148. The van der Waals surface area contributed by atoms with Gasteiger partial charge in [-0.05, 0) is 60.6 Å². The lowest BCUT2D eigenvalue weighted by atomic mass is 10.0. The van der Waals surface area contributed by atoms with Gasteiger partial charge in [-0.15, -0.1) is 0 Å². The fraction of sp³-hybridized carbons (Fsp3) is 0.250. The zero-order chi connectivity index (χ0) is 27.4. The molecule has 2 aliphatic rings. The molecule has 1 N–H and O–H groups in total. The van der Waals surface area contributed by atoms with Crippen molar-refractivity contribution in [3.05, 3.63) is 88.8 Å². The van der Waals surface area contributed by atoms with Gasteiger partial charge in [-0.2, -0.15) is 0 Å². The Labute approximate surface area is 218 Å². The minimum absolute atomic E-state index is 0.148. The summed E-state index contributed by atoms with van der Waals surface area (Å²) in [5, 5.41) is 3.78. The third kappa shape index (κ3) is 4.66. The highest BCUT2D eigenvalue weighted by Crippen LogP contribution is 2.35. The van der Waals surface area contributed by atoms with Gasteiger partial charge >= 0.3 is 0 Å². The molecule has 0 atom stereocenters. The van der Waals surface area contributed by atoms with Gasteiger partial charge in [0.2, 0.25) is 5.82 Å². The topological polar surface area (TPSA) is 58.1 Å². The summed E-state index contributed by atoms with van der Waals surface area (Å²) >= 11 is 0. The van der Waals surface area contributed by atoms with Crippen molar-refractivity contribution in [2.24, 2.45) is 0 Å². The predicted octanol–water partition coefficient (Wildman–Crippen LogP) is 6.51. The molecule has 1 amide bonds. The maximum absolute atomic E-state index is 15.0. The van der Waals surface area contributed by atoms with Crippen LogP contribution in [0.1, 0.15) is 41.6 Å². The van der Waals surface area contributed by atoms with E-state index in [4.69, 9.17) is 0 Å². The molecule has 0 aliphatic heterocycles. The summed E-state index contributed by atoms with van der Waals surface area (Å²) in [4.78, 5) is 22.5. The largest absolute Gasteiger partial charge is 0.367 e. The highest BCUT2D eigenvalue weighted by molar-refractivity contribution is 5.95. The number of hydrogen-bond donors (Lipinski definition) is 1. The number of nitrogens with one attached hydrogen (secondary N) is 1. The normalized spacial score (nSPS) is 15.0. The Morgan fingerprint density at radius 2 is 1.54 bits per heavy atom. The van der Waals surface area contributed by atoms with Crippen LogP contribution in [0.4, 0.5) is 32.2 Å². The third-order valence-corrected chi connectivity index (χ3v) is 6.90. The van der Waals surface area contributed by atoms with Crippen molar-refractivity contribution < 1.29 is 31.1 Å². The van der Waals surface area contributed by atoms with Gasteiger partial charge in [0, 0.05) is 24.0 Å². The molecule has 6 rings (SSSR count). The number of anilines is 1. The summed E-state index contributed by atoms with van der Waals surface area (Å²) in [5.41, 5.74) is 0.314. The van der Waals surface area contributed by atoms with Crippen LogP contribution in [0.25, 0.3) is 22.0 Å². The van der Waals surface area contributed by atoms with Gasteiger partial charge in [-0.1, -0.05) is 18.2 Å². The van der Waals surface area contributed by atoms with Gasteiger partial charge in [-0.25, -0.2) is 36.3 Å². The van der Waals surface area contributed by atoms with Crippen molar-refractivity contribution in [1.82, 2.24) is 14.9 Å². The van der Waals surface area contributed by atoms with E-state index < -0.39 is 52.4 Å². The second-order valence-corrected chi connectivity index (χ2v) is 9.80. The van der Waals surface area contributed by atoms with Crippen LogP contribution in [-0.2, 0) is 6.54 Å². The second kappa shape index (κ2) is 9.55. The molecular formula is C28H20F6N4O. The molecule has 0 saturated heterocycles. The standard InChI is InChI=1S/C28H20F6N4O/c29-19-10-15(9-18-26(19)35-12-36-27(18)37-16-4-5-16)14-3-1-2-13(8-14)11-38(17-6-7-17)28(39)20-21(30)23(32)25(34)24(33)22(20)31/h1-3,8-10,12,16-17H,4-7,11H2,(H,35,36,37). The summed E-state index contributed by atoms with van der Waals surface area (Å²) in [7, 11) is 0. The van der Waals surface area contributed by atoms with E-state index in [1.807, 2.05) is 0 Å². The van der Waals surface area contributed by atoms with E-state index in [1.165, 1.54) is 12.4 Å². The number of fused-ring (bicyclic) bond motifs is 1. The van der Waals surface area contributed by atoms with Crippen LogP contribution < -0.4 is 5.32 Å². The minimum atomic E-state index is -2.32. The molecule has 3 aromatic carbocycles. The highest BCUT2D eigenvalue weighted by atomic mass is 19.2. The Morgan fingerprint density at radius 1 is 0.846 bits per heavy atom. The molecule has 0 spiro atoms. The van der Waals surface area contributed by atoms with Crippen LogP contribution in [-0.4, -0.2) is 32.9 Å². The van der Waals surface area contributed by atoms with Crippen molar-refractivity contribution in [2.75, 3.05) is 5.32 Å². The van der Waals surface area contributed by atoms with Crippen LogP contribution in [0.3, 0.4) is 0 Å². The number of aromatic nitrogens is 2. The van der Waals surface area contributed by atoms with Gasteiger partial charge in [0.25, 0.3) is 5.91 Å². The van der Waals surface area contributed by atoms with Gasteiger partial charge < -0.3 is 10.2 Å². The Morgan fingerprint density at radius 3 is 2.21 bits per heavy atom. The fourth-order valence-electron chi connectivity index (χ4n) is 4.56. The Bertz CT molecular complexity index is 1610. The summed E-state index contributed by atoms with van der Waals surface area (Å²) < 4.78 is 84.9. The first-order valence-corrected chi connectivity index (χ1v) is 12.4. The zero-order valence-electron chi connectivity index (χ0n) is 20.2. The molecule has 0 bridgehead atoms. The number of nitrogens with zero attached hydrogens (tertiary/aromatic N) is 3. The maximum atomic E-state index is 15.0. The minimum Gasteiger partial charge on any atom is -0.367 e. The third-order valence-electron chi connectivity index (χ3n) is 6.90. The molecule has 2 fully saturated rings. The van der Waals surface area contributed by atoms with Crippen molar-refractivity contribution in [3.63, 3.8) is 0 Å². The van der Waals surface area contributed by atoms with Crippen LogP contribution >= 0.6 is 0 Å². The summed E-state index contributed by atoms with van der Waals surface area (Å²) in [5.74, 6) is -12.3. The van der Waals surface area contributed by atoms with E-state index in [2.05, 4.69) is 15.3 Å². The van der Waals surface area contributed by atoms with Crippen molar-refractivity contribution in [1.29, 1.82) is 0 Å². The number of carbonyl (C=O) groups is 1. The van der Waals surface area contributed by atoms with Crippen LogP contribution in [0.2, 0.25) is 0 Å². The molecule has 200 valence electrons. The molecule has 0 unspecified atom stereocenters. The highest BCUT2D eigenvalue weighted by Gasteiger charge is 2.38. The summed E-state index contributed by atoms with van der Waals surface area (Å²) in [6.07, 6.45) is 4.33. The first-order chi connectivity index (χ1) is 18.7. The first-order valence-electron chi connectivity index (χ1n) is 12.4. The molecular weight excluding hydrogens is 522 g/mol. The fourth-order valence-corrected chi connectivity index (χ4v) is 4.56. The zero-order valence-corrected chi connectivity index (χ0v) is 20.2.